The average molecular weight is 771 g/mol. The fourth-order valence-corrected chi connectivity index (χ4v) is 8.84. The van der Waals surface area contributed by atoms with Crippen LogP contribution in [0.3, 0.4) is 0 Å². The van der Waals surface area contributed by atoms with Crippen LogP contribution in [-0.2, 0) is 24.8 Å². The van der Waals surface area contributed by atoms with Crippen LogP contribution >= 0.6 is 11.8 Å². The molecule has 0 spiro atoms. The number of allylic oxidation sites excluding steroid dienone is 4. The summed E-state index contributed by atoms with van der Waals surface area (Å²) in [4.78, 5) is 5.82. The van der Waals surface area contributed by atoms with Gasteiger partial charge in [-0.05, 0) is 59.9 Å². The molecule has 5 heterocycles. The van der Waals surface area contributed by atoms with Crippen molar-refractivity contribution in [3.63, 3.8) is 0 Å². The second-order valence-corrected chi connectivity index (χ2v) is 15.0. The standard InChI is InChI=1S/C24H34N2OS.C12H17N.Ir/c1-14-8-9-17-16-6-5-7-18(22(16)27-23(17)26-14)21-20-15(12-24(2,3)4)13-28-19(20)10-11-25-21;1-10-7-8-12(13-9-10)11-5-3-2-4-6-11;/h7,10,15-17,20-21,23H,5-6,8-9,11-13H2,1-4H3;8,10H,2-5,7,9H2,1H3;/q2*-2;/t15?,16-,17?,20-,21?,23?;10-;/m00./s1/i1D3,12D2;;. The van der Waals surface area contributed by atoms with Crippen LogP contribution in [0.2, 0.25) is 0 Å². The first-order valence-electron chi connectivity index (χ1n) is 18.5. The van der Waals surface area contributed by atoms with E-state index in [1.165, 1.54) is 41.9 Å². The Hall–Kier alpha value is -0.941. The fourth-order valence-electron chi connectivity index (χ4n) is 7.50. The van der Waals surface area contributed by atoms with Gasteiger partial charge in [-0.2, -0.15) is 11.6 Å². The number of aliphatic imine (C=N–C) groups is 1. The summed E-state index contributed by atoms with van der Waals surface area (Å²) < 4.78 is 47.7. The number of hydrogen-bond donors (Lipinski definition) is 0. The summed E-state index contributed by atoms with van der Waals surface area (Å²) in [6.07, 6.45) is 17.9. The molecular weight excluding hydrogens is 715 g/mol. The minimum atomic E-state index is -2.16. The molecule has 0 saturated carbocycles. The van der Waals surface area contributed by atoms with Crippen molar-refractivity contribution >= 4 is 17.5 Å². The predicted molar refractivity (Wildman–Crippen MR) is 174 cm³/mol. The topological polar surface area (TPSA) is 49.8 Å². The Bertz CT molecular complexity index is 1320. The van der Waals surface area contributed by atoms with Crippen molar-refractivity contribution in [2.24, 2.45) is 40.0 Å². The van der Waals surface area contributed by atoms with Gasteiger partial charge in [-0.1, -0.05) is 71.8 Å². The number of rotatable bonds is 3. The largest absolute Gasteiger partial charge is 0.769 e. The van der Waals surface area contributed by atoms with Gasteiger partial charge >= 0.3 is 0 Å². The SMILES string of the molecule is C[C@H]1CC=C(C2=[C-]CCCC2)[N-]C1.[2H]C([2H])([2H])C1=NC2OC3=C(C4[N-]CC=C5SCC(C([2H])([2H])C(C)(C)C)[C@@H]54)[CH-]CC[C@H]3C2CC1.[Ir]. The maximum absolute atomic E-state index is 9.02. The zero-order chi connectivity index (χ0) is 32.9. The van der Waals surface area contributed by atoms with E-state index in [0.717, 1.165) is 55.2 Å². The first-order chi connectivity index (χ1) is 21.8. The van der Waals surface area contributed by atoms with Gasteiger partial charge in [0, 0.05) is 44.3 Å². The Balaban J connectivity index is 0.000000260. The number of thioether (sulfide) groups is 1. The van der Waals surface area contributed by atoms with Crippen LogP contribution in [0.4, 0.5) is 0 Å². The van der Waals surface area contributed by atoms with Gasteiger partial charge in [0.25, 0.3) is 0 Å². The molecule has 0 aromatic carbocycles. The van der Waals surface area contributed by atoms with Gasteiger partial charge < -0.3 is 21.1 Å². The van der Waals surface area contributed by atoms with Gasteiger partial charge in [-0.15, -0.1) is 43.7 Å². The first-order valence-corrected chi connectivity index (χ1v) is 17.0. The summed E-state index contributed by atoms with van der Waals surface area (Å²) in [6, 6.07) is -0.105. The Morgan fingerprint density at radius 2 is 2.12 bits per heavy atom. The molecule has 2 saturated heterocycles. The summed E-state index contributed by atoms with van der Waals surface area (Å²) in [5, 5.41) is 9.62. The van der Waals surface area contributed by atoms with Crippen LogP contribution in [0.1, 0.15) is 106 Å². The molecule has 5 aliphatic heterocycles. The molecule has 0 amide bonds. The normalized spacial score (nSPS) is 38.0. The number of fused-ring (bicyclic) bond motifs is 4. The van der Waals surface area contributed by atoms with Crippen molar-refractivity contribution in [2.75, 3.05) is 18.8 Å². The fraction of sp³-hybridized carbons (Fsp3) is 0.722. The summed E-state index contributed by atoms with van der Waals surface area (Å²) in [5.74, 6) is 2.87. The van der Waals surface area contributed by atoms with E-state index in [-0.39, 0.29) is 55.5 Å². The summed E-state index contributed by atoms with van der Waals surface area (Å²) in [7, 11) is 0. The molecule has 0 N–H and O–H groups in total. The summed E-state index contributed by atoms with van der Waals surface area (Å²) in [6.45, 7) is 7.74. The van der Waals surface area contributed by atoms with E-state index in [9.17, 15) is 0 Å². The third kappa shape index (κ3) is 7.30. The van der Waals surface area contributed by atoms with Crippen molar-refractivity contribution in [1.82, 2.24) is 0 Å². The molecule has 2 aliphatic carbocycles. The van der Waals surface area contributed by atoms with Gasteiger partial charge in [-0.25, -0.2) is 12.0 Å². The molecule has 7 atom stereocenters. The molecule has 0 aromatic rings. The number of hydrogen-bond acceptors (Lipinski definition) is 3. The van der Waals surface area contributed by atoms with E-state index in [2.05, 4.69) is 41.9 Å². The Kier molecular flexibility index (Phi) is 8.77. The van der Waals surface area contributed by atoms with Gasteiger partial charge in [0.15, 0.2) is 6.23 Å². The van der Waals surface area contributed by atoms with E-state index < -0.39 is 24.9 Å². The van der Waals surface area contributed by atoms with E-state index >= 15 is 0 Å². The van der Waals surface area contributed by atoms with E-state index in [1.54, 1.807) is 11.8 Å². The molecule has 0 bridgehead atoms. The van der Waals surface area contributed by atoms with Crippen LogP contribution in [0.5, 0.6) is 0 Å². The van der Waals surface area contributed by atoms with Crippen LogP contribution in [-0.4, -0.2) is 36.8 Å². The van der Waals surface area contributed by atoms with Gasteiger partial charge in [0.2, 0.25) is 0 Å². The maximum Gasteiger partial charge on any atom is 0.171 e. The van der Waals surface area contributed by atoms with E-state index in [1.807, 2.05) is 20.8 Å². The number of ether oxygens (including phenoxy) is 1. The minimum Gasteiger partial charge on any atom is -0.769 e. The zero-order valence-corrected chi connectivity index (χ0v) is 29.0. The van der Waals surface area contributed by atoms with Gasteiger partial charge in [-0.3, -0.25) is 11.1 Å². The predicted octanol–water partition coefficient (Wildman–Crippen LogP) is 9.72. The summed E-state index contributed by atoms with van der Waals surface area (Å²) in [5.41, 5.74) is 3.56. The zero-order valence-electron chi connectivity index (χ0n) is 30.8. The molecule has 0 aromatic heterocycles. The Morgan fingerprint density at radius 1 is 1.24 bits per heavy atom. The van der Waals surface area contributed by atoms with Crippen molar-refractivity contribution < 1.29 is 31.7 Å². The van der Waals surface area contributed by atoms with Crippen LogP contribution in [0, 0.1) is 47.5 Å². The maximum atomic E-state index is 9.02. The summed E-state index contributed by atoms with van der Waals surface area (Å²) >= 11 is 1.79. The quantitative estimate of drug-likeness (QED) is 0.269. The van der Waals surface area contributed by atoms with Gasteiger partial charge in [0.1, 0.15) is 0 Å². The van der Waals surface area contributed by atoms with Gasteiger partial charge in [0.05, 0.1) is 0 Å². The third-order valence-electron chi connectivity index (χ3n) is 9.44. The molecule has 7 rings (SSSR count). The van der Waals surface area contributed by atoms with Crippen LogP contribution < -0.4 is 0 Å². The monoisotopic (exact) mass is 771 g/mol. The third-order valence-corrected chi connectivity index (χ3v) is 10.7. The molecule has 235 valence electrons. The van der Waals surface area contributed by atoms with Crippen molar-refractivity contribution in [2.45, 2.75) is 111 Å². The molecule has 7 aliphatic rings. The number of nitrogens with zero attached hydrogens (tertiary/aromatic N) is 3. The molecule has 4 unspecified atom stereocenters. The molecule has 42 heavy (non-hydrogen) atoms. The van der Waals surface area contributed by atoms with Crippen LogP contribution in [0.25, 0.3) is 10.6 Å². The van der Waals surface area contributed by atoms with Crippen molar-refractivity contribution in [1.29, 1.82) is 0 Å². The van der Waals surface area contributed by atoms with E-state index in [4.69, 9.17) is 16.9 Å². The molecule has 6 heteroatoms. The average Bonchev–Trinajstić information content (AvgIpc) is 3.63. The van der Waals surface area contributed by atoms with E-state index in [0.29, 0.717) is 13.0 Å². The Labute approximate surface area is 280 Å². The molecule has 4 nitrogen and oxygen atoms in total. The smallest absolute Gasteiger partial charge is 0.171 e. The van der Waals surface area contributed by atoms with Crippen LogP contribution in [0.15, 0.2) is 44.7 Å². The minimum absolute atomic E-state index is 0. The second-order valence-electron chi connectivity index (χ2n) is 13.9. The molecule has 1 radical (unpaired) electrons. The Morgan fingerprint density at radius 3 is 2.86 bits per heavy atom. The second kappa shape index (κ2) is 14.0. The molecule has 2 fully saturated rings. The first kappa shape index (κ1) is 26.3. The molecular formula is C36H51IrN3OS-4. The van der Waals surface area contributed by atoms with Crippen molar-refractivity contribution in [3.8, 4) is 0 Å². The van der Waals surface area contributed by atoms with Crippen molar-refractivity contribution in [3.05, 3.63) is 62.8 Å².